The van der Waals surface area contributed by atoms with E-state index in [9.17, 15) is 4.39 Å². The van der Waals surface area contributed by atoms with Crippen LogP contribution < -0.4 is 11.1 Å². The van der Waals surface area contributed by atoms with E-state index in [0.717, 1.165) is 12.0 Å². The number of nitrogens with two attached hydrogens (primary N) is 1. The molecule has 2 nitrogen and oxygen atoms in total. The summed E-state index contributed by atoms with van der Waals surface area (Å²) in [4.78, 5) is 0. The molecule has 3 heteroatoms. The molecule has 1 aromatic rings. The summed E-state index contributed by atoms with van der Waals surface area (Å²) >= 11 is 0. The molecule has 0 amide bonds. The maximum Gasteiger partial charge on any atom is 0.146 e. The van der Waals surface area contributed by atoms with E-state index < -0.39 is 0 Å². The third-order valence-corrected chi connectivity index (χ3v) is 2.12. The molecule has 0 aromatic heterocycles. The van der Waals surface area contributed by atoms with Gasteiger partial charge in [-0.25, -0.2) is 4.39 Å². The van der Waals surface area contributed by atoms with Crippen molar-refractivity contribution < 1.29 is 4.39 Å². The van der Waals surface area contributed by atoms with Crippen LogP contribution in [0.25, 0.3) is 0 Å². The third kappa shape index (κ3) is 1.16. The van der Waals surface area contributed by atoms with E-state index >= 15 is 0 Å². The molecule has 1 aliphatic heterocycles. The molecule has 1 aliphatic rings. The Morgan fingerprint density at radius 2 is 2.33 bits per heavy atom. The number of hydrogen-bond donors (Lipinski definition) is 2. The van der Waals surface area contributed by atoms with Crippen molar-refractivity contribution in [1.29, 1.82) is 0 Å². The minimum atomic E-state index is -0.181. The highest BCUT2D eigenvalue weighted by Gasteiger charge is 2.16. The molecule has 1 aromatic carbocycles. The molecule has 1 atom stereocenters. The first-order chi connectivity index (χ1) is 5.77. The number of hydrogen-bond acceptors (Lipinski definition) is 2. The first kappa shape index (κ1) is 7.55. The fourth-order valence-electron chi connectivity index (χ4n) is 1.52. The highest BCUT2D eigenvalue weighted by Crippen LogP contribution is 2.23. The molecule has 0 bridgehead atoms. The smallest absolute Gasteiger partial charge is 0.146 e. The SMILES string of the molecule is NC1CNc2c(F)cccc2C1. The van der Waals surface area contributed by atoms with Crippen LogP contribution >= 0.6 is 0 Å². The van der Waals surface area contributed by atoms with Crippen LogP contribution in [0.4, 0.5) is 10.1 Å². The fourth-order valence-corrected chi connectivity index (χ4v) is 1.52. The second-order valence-corrected chi connectivity index (χ2v) is 3.12. The highest BCUT2D eigenvalue weighted by molar-refractivity contribution is 5.54. The van der Waals surface area contributed by atoms with Gasteiger partial charge >= 0.3 is 0 Å². The van der Waals surface area contributed by atoms with E-state index in [1.807, 2.05) is 6.07 Å². The second-order valence-electron chi connectivity index (χ2n) is 3.12. The predicted octanol–water partition coefficient (Wildman–Crippen LogP) is 1.12. The van der Waals surface area contributed by atoms with Crippen LogP contribution in [0, 0.1) is 5.82 Å². The van der Waals surface area contributed by atoms with Crippen molar-refractivity contribution in [2.75, 3.05) is 11.9 Å². The Labute approximate surface area is 70.6 Å². The number of fused-ring (bicyclic) bond motifs is 1. The van der Waals surface area contributed by atoms with Gasteiger partial charge in [0.1, 0.15) is 5.82 Å². The second kappa shape index (κ2) is 2.75. The largest absolute Gasteiger partial charge is 0.381 e. The molecule has 1 unspecified atom stereocenters. The van der Waals surface area contributed by atoms with Gasteiger partial charge in [-0.2, -0.15) is 0 Å². The van der Waals surface area contributed by atoms with Gasteiger partial charge in [0.25, 0.3) is 0 Å². The molecule has 0 aliphatic carbocycles. The van der Waals surface area contributed by atoms with Gasteiger partial charge < -0.3 is 11.1 Å². The summed E-state index contributed by atoms with van der Waals surface area (Å²) in [6.07, 6.45) is 0.764. The van der Waals surface area contributed by atoms with Crippen LogP contribution in [0.5, 0.6) is 0 Å². The summed E-state index contributed by atoms with van der Waals surface area (Å²) < 4.78 is 13.1. The van der Waals surface area contributed by atoms with E-state index in [-0.39, 0.29) is 11.9 Å². The number of rotatable bonds is 0. The van der Waals surface area contributed by atoms with Gasteiger partial charge in [0.2, 0.25) is 0 Å². The molecule has 12 heavy (non-hydrogen) atoms. The highest BCUT2D eigenvalue weighted by atomic mass is 19.1. The normalized spacial score (nSPS) is 21.3. The zero-order valence-electron chi connectivity index (χ0n) is 6.68. The van der Waals surface area contributed by atoms with Gasteiger partial charge in [0.15, 0.2) is 0 Å². The Morgan fingerprint density at radius 1 is 1.50 bits per heavy atom. The Hall–Kier alpha value is -1.09. The number of halogens is 1. The van der Waals surface area contributed by atoms with Crippen LogP contribution in [0.1, 0.15) is 5.56 Å². The lowest BCUT2D eigenvalue weighted by Crippen LogP contribution is -2.35. The first-order valence-electron chi connectivity index (χ1n) is 4.04. The minimum absolute atomic E-state index is 0.110. The standard InChI is InChI=1S/C9H11FN2/c10-8-3-1-2-6-4-7(11)5-12-9(6)8/h1-3,7,12H,4-5,11H2. The molecule has 0 radical (unpaired) electrons. The first-order valence-corrected chi connectivity index (χ1v) is 4.04. The maximum atomic E-state index is 13.1. The average Bonchev–Trinajstić information content (AvgIpc) is 2.04. The van der Waals surface area contributed by atoms with E-state index in [1.54, 1.807) is 6.07 Å². The van der Waals surface area contributed by atoms with Crippen LogP contribution in [0.2, 0.25) is 0 Å². The van der Waals surface area contributed by atoms with Gasteiger partial charge in [0.05, 0.1) is 5.69 Å². The van der Waals surface area contributed by atoms with Crippen LogP contribution in [0.15, 0.2) is 18.2 Å². The van der Waals surface area contributed by atoms with Crippen LogP contribution in [0.3, 0.4) is 0 Å². The van der Waals surface area contributed by atoms with E-state index in [1.165, 1.54) is 6.07 Å². The van der Waals surface area contributed by atoms with Crippen molar-refractivity contribution >= 4 is 5.69 Å². The van der Waals surface area contributed by atoms with Crippen LogP contribution in [-0.4, -0.2) is 12.6 Å². The third-order valence-electron chi connectivity index (χ3n) is 2.12. The summed E-state index contributed by atoms with van der Waals surface area (Å²) in [6.45, 7) is 0.661. The molecule has 64 valence electrons. The molecule has 0 spiro atoms. The molecule has 0 saturated heterocycles. The van der Waals surface area contributed by atoms with Gasteiger partial charge in [-0.1, -0.05) is 12.1 Å². The number of nitrogens with one attached hydrogen (secondary N) is 1. The summed E-state index contributed by atoms with van der Waals surface area (Å²) in [7, 11) is 0. The molecule has 0 fully saturated rings. The lowest BCUT2D eigenvalue weighted by atomic mass is 10.0. The molecule has 3 N–H and O–H groups in total. The van der Waals surface area contributed by atoms with Crippen molar-refractivity contribution in [3.05, 3.63) is 29.6 Å². The zero-order valence-corrected chi connectivity index (χ0v) is 6.68. The molecule has 2 rings (SSSR count). The van der Waals surface area contributed by atoms with Gasteiger partial charge in [0, 0.05) is 12.6 Å². The Balaban J connectivity index is 2.42. The lowest BCUT2D eigenvalue weighted by molar-refractivity contribution is 0.610. The van der Waals surface area contributed by atoms with Crippen molar-refractivity contribution in [2.45, 2.75) is 12.5 Å². The van der Waals surface area contributed by atoms with E-state index in [2.05, 4.69) is 5.32 Å². The van der Waals surface area contributed by atoms with Crippen molar-refractivity contribution in [2.24, 2.45) is 5.73 Å². The van der Waals surface area contributed by atoms with Crippen molar-refractivity contribution in [1.82, 2.24) is 0 Å². The van der Waals surface area contributed by atoms with Gasteiger partial charge in [-0.15, -0.1) is 0 Å². The van der Waals surface area contributed by atoms with Crippen molar-refractivity contribution in [3.8, 4) is 0 Å². The Bertz CT molecular complexity index is 299. The Morgan fingerprint density at radius 3 is 3.17 bits per heavy atom. The maximum absolute atomic E-state index is 13.1. The summed E-state index contributed by atoms with van der Waals surface area (Å²) in [6, 6.07) is 5.19. The van der Waals surface area contributed by atoms with Gasteiger partial charge in [-0.3, -0.25) is 0 Å². The van der Waals surface area contributed by atoms with E-state index in [4.69, 9.17) is 5.73 Å². The summed E-state index contributed by atoms with van der Waals surface area (Å²) in [5.74, 6) is -0.181. The lowest BCUT2D eigenvalue weighted by Gasteiger charge is -2.23. The molecule has 1 heterocycles. The number of para-hydroxylation sites is 1. The van der Waals surface area contributed by atoms with E-state index in [0.29, 0.717) is 12.2 Å². The average molecular weight is 166 g/mol. The fraction of sp³-hybridized carbons (Fsp3) is 0.333. The van der Waals surface area contributed by atoms with Crippen molar-refractivity contribution in [3.63, 3.8) is 0 Å². The van der Waals surface area contributed by atoms with Crippen LogP contribution in [-0.2, 0) is 6.42 Å². The summed E-state index contributed by atoms with van der Waals surface area (Å²) in [5.41, 5.74) is 7.32. The topological polar surface area (TPSA) is 38.0 Å². The predicted molar refractivity (Wildman–Crippen MR) is 46.6 cm³/mol. The monoisotopic (exact) mass is 166 g/mol. The number of anilines is 1. The van der Waals surface area contributed by atoms with Gasteiger partial charge in [-0.05, 0) is 18.1 Å². The zero-order chi connectivity index (χ0) is 8.55. The summed E-state index contributed by atoms with van der Waals surface area (Å²) in [5, 5.41) is 2.98. The molecule has 0 saturated carbocycles. The molecular weight excluding hydrogens is 155 g/mol. The Kier molecular flexibility index (Phi) is 1.73. The molecular formula is C9H11FN2. The number of benzene rings is 1. The quantitative estimate of drug-likeness (QED) is 0.606. The minimum Gasteiger partial charge on any atom is -0.381 e.